The largest absolute Gasteiger partial charge is 0.377 e. The molecule has 0 unspecified atom stereocenters. The first kappa shape index (κ1) is 12.9. The number of benzene rings is 1. The number of fused-ring (bicyclic) bond motifs is 1. The van der Waals surface area contributed by atoms with Gasteiger partial charge in [0.15, 0.2) is 0 Å². The molecule has 0 fully saturated rings. The molecule has 0 aliphatic carbocycles. The van der Waals surface area contributed by atoms with Crippen LogP contribution in [0.15, 0.2) is 12.1 Å². The molecule has 5 heteroatoms. The number of anilines is 1. The second-order valence-corrected chi connectivity index (χ2v) is 5.01. The van der Waals surface area contributed by atoms with Crippen molar-refractivity contribution in [2.24, 2.45) is 0 Å². The first-order chi connectivity index (χ1) is 8.47. The van der Waals surface area contributed by atoms with Crippen LogP contribution in [0.25, 0.3) is 10.9 Å². The summed E-state index contributed by atoms with van der Waals surface area (Å²) in [7, 11) is 3.81. The molecule has 1 aromatic heterocycles. The van der Waals surface area contributed by atoms with Crippen molar-refractivity contribution in [3.8, 4) is 6.07 Å². The first-order valence-corrected chi connectivity index (χ1v) is 6.08. The molecule has 0 saturated heterocycles. The van der Waals surface area contributed by atoms with E-state index in [9.17, 15) is 0 Å². The number of halogens is 2. The Morgan fingerprint density at radius 2 is 1.83 bits per heavy atom. The van der Waals surface area contributed by atoms with E-state index in [4.69, 9.17) is 28.5 Å². The maximum atomic E-state index is 9.14. The molecule has 0 atom stereocenters. The van der Waals surface area contributed by atoms with Crippen molar-refractivity contribution < 1.29 is 0 Å². The fraction of sp³-hybridized carbons (Fsp3) is 0.231. The van der Waals surface area contributed by atoms with Gasteiger partial charge in [0, 0.05) is 25.0 Å². The number of aromatic nitrogens is 1. The lowest BCUT2D eigenvalue weighted by molar-refractivity contribution is 1.11. The van der Waals surface area contributed by atoms with Crippen molar-refractivity contribution >= 4 is 39.8 Å². The summed E-state index contributed by atoms with van der Waals surface area (Å²) in [4.78, 5) is 6.21. The lowest BCUT2D eigenvalue weighted by Gasteiger charge is -2.20. The highest BCUT2D eigenvalue weighted by atomic mass is 35.5. The fourth-order valence-corrected chi connectivity index (χ4v) is 2.48. The molecular weight excluding hydrogens is 269 g/mol. The van der Waals surface area contributed by atoms with Crippen molar-refractivity contribution in [3.05, 3.63) is 33.4 Å². The molecule has 92 valence electrons. The number of hydrogen-bond acceptors (Lipinski definition) is 3. The number of rotatable bonds is 1. The van der Waals surface area contributed by atoms with E-state index in [1.165, 1.54) is 0 Å². The Kier molecular flexibility index (Phi) is 3.34. The molecule has 0 aliphatic rings. The van der Waals surface area contributed by atoms with Crippen LogP contribution >= 0.6 is 23.2 Å². The highest BCUT2D eigenvalue weighted by Crippen LogP contribution is 2.37. The van der Waals surface area contributed by atoms with Crippen LogP contribution in [0.4, 0.5) is 5.69 Å². The van der Waals surface area contributed by atoms with Gasteiger partial charge < -0.3 is 4.90 Å². The molecule has 2 rings (SSSR count). The SMILES string of the molecule is Cc1c(C#N)nc2c(Cl)ccc(Cl)c2c1N(C)C. The summed E-state index contributed by atoms with van der Waals surface area (Å²) in [5.41, 5.74) is 2.62. The van der Waals surface area contributed by atoms with Crippen LogP contribution in [0.2, 0.25) is 10.0 Å². The average molecular weight is 280 g/mol. The molecule has 0 N–H and O–H groups in total. The molecule has 3 nitrogen and oxygen atoms in total. The molecule has 0 radical (unpaired) electrons. The van der Waals surface area contributed by atoms with Crippen LogP contribution < -0.4 is 4.90 Å². The number of pyridine rings is 1. The van der Waals surface area contributed by atoms with Gasteiger partial charge in [0.25, 0.3) is 0 Å². The first-order valence-electron chi connectivity index (χ1n) is 5.33. The van der Waals surface area contributed by atoms with Crippen molar-refractivity contribution in [1.29, 1.82) is 5.26 Å². The van der Waals surface area contributed by atoms with Gasteiger partial charge in [-0.2, -0.15) is 5.26 Å². The Bertz CT molecular complexity index is 672. The Hall–Kier alpha value is -1.50. The normalized spacial score (nSPS) is 10.4. The van der Waals surface area contributed by atoms with Gasteiger partial charge in [0.05, 0.1) is 21.2 Å². The van der Waals surface area contributed by atoms with Crippen LogP contribution in [-0.4, -0.2) is 19.1 Å². The van der Waals surface area contributed by atoms with Crippen LogP contribution in [0.1, 0.15) is 11.3 Å². The third-order valence-electron chi connectivity index (χ3n) is 2.80. The van der Waals surface area contributed by atoms with Crippen LogP contribution in [0.5, 0.6) is 0 Å². The van der Waals surface area contributed by atoms with Crippen molar-refractivity contribution in [3.63, 3.8) is 0 Å². The highest BCUT2D eigenvalue weighted by molar-refractivity contribution is 6.41. The van der Waals surface area contributed by atoms with Crippen LogP contribution in [0, 0.1) is 18.3 Å². The van der Waals surface area contributed by atoms with Crippen molar-refractivity contribution in [2.75, 3.05) is 19.0 Å². The standard InChI is InChI=1S/C13H11Cl2N3/c1-7-10(6-16)17-12-9(15)5-4-8(14)11(12)13(7)18(2)3/h4-5H,1-3H3. The number of nitrogens with zero attached hydrogens (tertiary/aromatic N) is 3. The van der Waals surface area contributed by atoms with E-state index in [1.54, 1.807) is 12.1 Å². The lowest BCUT2D eigenvalue weighted by atomic mass is 10.1. The predicted octanol–water partition coefficient (Wildman–Crippen LogP) is 3.79. The summed E-state index contributed by atoms with van der Waals surface area (Å²) in [6.45, 7) is 1.86. The van der Waals surface area contributed by atoms with E-state index in [0.717, 1.165) is 16.6 Å². The maximum absolute atomic E-state index is 9.14. The smallest absolute Gasteiger partial charge is 0.146 e. The van der Waals surface area contributed by atoms with Gasteiger partial charge in [-0.1, -0.05) is 23.2 Å². The topological polar surface area (TPSA) is 39.9 Å². The van der Waals surface area contributed by atoms with E-state index >= 15 is 0 Å². The Morgan fingerprint density at radius 1 is 1.22 bits per heavy atom. The molecule has 18 heavy (non-hydrogen) atoms. The molecule has 0 saturated carbocycles. The Morgan fingerprint density at radius 3 is 2.39 bits per heavy atom. The third kappa shape index (κ3) is 1.88. The number of nitriles is 1. The Balaban J connectivity index is 3.06. The zero-order valence-corrected chi connectivity index (χ0v) is 11.8. The molecule has 0 aliphatic heterocycles. The van der Waals surface area contributed by atoms with Crippen molar-refractivity contribution in [2.45, 2.75) is 6.92 Å². The van der Waals surface area contributed by atoms with Gasteiger partial charge in [-0.05, 0) is 19.1 Å². The van der Waals surface area contributed by atoms with Gasteiger partial charge in [0.2, 0.25) is 0 Å². The molecule has 0 amide bonds. The van der Waals surface area contributed by atoms with Gasteiger partial charge in [0.1, 0.15) is 11.8 Å². The Labute approximate surface area is 116 Å². The monoisotopic (exact) mass is 279 g/mol. The third-order valence-corrected chi connectivity index (χ3v) is 3.42. The van der Waals surface area contributed by atoms with E-state index in [2.05, 4.69) is 11.1 Å². The summed E-state index contributed by atoms with van der Waals surface area (Å²) in [5.74, 6) is 0. The summed E-state index contributed by atoms with van der Waals surface area (Å²) in [5, 5.41) is 11.0. The summed E-state index contributed by atoms with van der Waals surface area (Å²) < 4.78 is 0. The van der Waals surface area contributed by atoms with E-state index in [-0.39, 0.29) is 0 Å². The molecule has 0 spiro atoms. The van der Waals surface area contributed by atoms with Crippen molar-refractivity contribution in [1.82, 2.24) is 4.98 Å². The number of hydrogen-bond donors (Lipinski definition) is 0. The van der Waals surface area contributed by atoms with Gasteiger partial charge in [-0.25, -0.2) is 4.98 Å². The van der Waals surface area contributed by atoms with E-state index < -0.39 is 0 Å². The van der Waals surface area contributed by atoms with Gasteiger partial charge >= 0.3 is 0 Å². The predicted molar refractivity (Wildman–Crippen MR) is 75.5 cm³/mol. The van der Waals surface area contributed by atoms with E-state index in [0.29, 0.717) is 21.3 Å². The second kappa shape index (κ2) is 4.64. The minimum absolute atomic E-state index is 0.371. The average Bonchev–Trinajstić information content (AvgIpc) is 2.33. The van der Waals surface area contributed by atoms with Gasteiger partial charge in [-0.3, -0.25) is 0 Å². The zero-order valence-electron chi connectivity index (χ0n) is 10.3. The molecule has 0 bridgehead atoms. The van der Waals surface area contributed by atoms with E-state index in [1.807, 2.05) is 25.9 Å². The minimum atomic E-state index is 0.371. The maximum Gasteiger partial charge on any atom is 0.146 e. The molecular formula is C13H11Cl2N3. The lowest BCUT2D eigenvalue weighted by Crippen LogP contribution is -2.12. The minimum Gasteiger partial charge on any atom is -0.377 e. The quantitative estimate of drug-likeness (QED) is 0.797. The molecule has 1 heterocycles. The highest BCUT2D eigenvalue weighted by Gasteiger charge is 2.17. The molecule has 2 aromatic rings. The summed E-state index contributed by atoms with van der Waals surface area (Å²) >= 11 is 12.4. The zero-order chi connectivity index (χ0) is 13.4. The van der Waals surface area contributed by atoms with Gasteiger partial charge in [-0.15, -0.1) is 0 Å². The second-order valence-electron chi connectivity index (χ2n) is 4.19. The summed E-state index contributed by atoms with van der Waals surface area (Å²) in [6, 6.07) is 5.52. The summed E-state index contributed by atoms with van der Waals surface area (Å²) in [6.07, 6.45) is 0. The van der Waals surface area contributed by atoms with Crippen LogP contribution in [-0.2, 0) is 0 Å². The molecule has 1 aromatic carbocycles. The van der Waals surface area contributed by atoms with Crippen LogP contribution in [0.3, 0.4) is 0 Å². The fourth-order valence-electron chi connectivity index (χ4n) is 2.04.